The lowest BCUT2D eigenvalue weighted by atomic mass is 10.1. The lowest BCUT2D eigenvalue weighted by Crippen LogP contribution is -2.13. The summed E-state index contributed by atoms with van der Waals surface area (Å²) in [5.41, 5.74) is 7.79. The Morgan fingerprint density at radius 2 is 2.19 bits per heavy atom. The first-order valence-corrected chi connectivity index (χ1v) is 4.74. The van der Waals surface area contributed by atoms with Crippen LogP contribution in [0.2, 0.25) is 0 Å². The molecule has 0 saturated carbocycles. The van der Waals surface area contributed by atoms with E-state index in [1.807, 2.05) is 6.07 Å². The van der Waals surface area contributed by atoms with E-state index in [1.54, 1.807) is 25.1 Å². The maximum atomic E-state index is 8.81. The molecule has 0 aliphatic heterocycles. The fourth-order valence-electron chi connectivity index (χ4n) is 1.51. The molecule has 1 heterocycles. The van der Waals surface area contributed by atoms with Gasteiger partial charge in [0.1, 0.15) is 11.5 Å². The van der Waals surface area contributed by atoms with Crippen LogP contribution in [0.3, 0.4) is 0 Å². The predicted molar refractivity (Wildman–Crippen MR) is 61.7 cm³/mol. The molecule has 0 amide bonds. The van der Waals surface area contributed by atoms with Gasteiger partial charge in [0.15, 0.2) is 5.82 Å². The monoisotopic (exact) mass is 213 g/mol. The van der Waals surface area contributed by atoms with Crippen LogP contribution < -0.4 is 11.6 Å². The molecular formula is C11H11N5. The molecule has 5 heteroatoms. The van der Waals surface area contributed by atoms with Gasteiger partial charge in [-0.2, -0.15) is 5.26 Å². The summed E-state index contributed by atoms with van der Waals surface area (Å²) in [5.74, 6) is 6.70. The average molecular weight is 213 g/mol. The number of nitrogens with two attached hydrogens (primary N) is 2. The molecule has 0 aliphatic carbocycles. The van der Waals surface area contributed by atoms with Crippen LogP contribution in [-0.4, -0.2) is 9.66 Å². The van der Waals surface area contributed by atoms with Crippen molar-refractivity contribution in [3.63, 3.8) is 0 Å². The van der Waals surface area contributed by atoms with Crippen molar-refractivity contribution in [1.82, 2.24) is 9.66 Å². The Labute approximate surface area is 92.9 Å². The third-order valence-electron chi connectivity index (χ3n) is 2.39. The van der Waals surface area contributed by atoms with Crippen molar-refractivity contribution in [3.8, 4) is 17.3 Å². The number of nitriles is 1. The Morgan fingerprint density at radius 1 is 1.44 bits per heavy atom. The Kier molecular flexibility index (Phi) is 2.25. The number of benzene rings is 1. The van der Waals surface area contributed by atoms with Crippen LogP contribution in [-0.2, 0) is 0 Å². The Balaban J connectivity index is 2.59. The van der Waals surface area contributed by atoms with Gasteiger partial charge in [-0.25, -0.2) is 9.66 Å². The van der Waals surface area contributed by atoms with Gasteiger partial charge in [-0.3, -0.25) is 0 Å². The van der Waals surface area contributed by atoms with E-state index in [2.05, 4.69) is 11.1 Å². The maximum Gasteiger partial charge on any atom is 0.150 e. The molecule has 0 bridgehead atoms. The first-order valence-electron chi connectivity index (χ1n) is 4.74. The lowest BCUT2D eigenvalue weighted by molar-refractivity contribution is 0.937. The SMILES string of the molecule is Cc1nc(-c2cccc(C#N)c2)c(N)n1N. The molecule has 0 spiro atoms. The number of nitrogens with zero attached hydrogens (tertiary/aromatic N) is 3. The van der Waals surface area contributed by atoms with Gasteiger partial charge in [0.05, 0.1) is 11.6 Å². The summed E-state index contributed by atoms with van der Waals surface area (Å²) in [6.07, 6.45) is 0. The van der Waals surface area contributed by atoms with Crippen molar-refractivity contribution in [1.29, 1.82) is 5.26 Å². The Morgan fingerprint density at radius 3 is 2.75 bits per heavy atom. The fraction of sp³-hybridized carbons (Fsp3) is 0.0909. The summed E-state index contributed by atoms with van der Waals surface area (Å²) in [6.45, 7) is 1.77. The number of imidazole rings is 1. The molecule has 0 saturated heterocycles. The molecule has 2 aromatic rings. The highest BCUT2D eigenvalue weighted by Gasteiger charge is 2.11. The maximum absolute atomic E-state index is 8.81. The Hall–Kier alpha value is -2.48. The number of rotatable bonds is 1. The molecule has 0 aliphatic rings. The van der Waals surface area contributed by atoms with Gasteiger partial charge < -0.3 is 11.6 Å². The van der Waals surface area contributed by atoms with Crippen LogP contribution in [0.15, 0.2) is 24.3 Å². The second kappa shape index (κ2) is 3.59. The van der Waals surface area contributed by atoms with Gasteiger partial charge in [-0.15, -0.1) is 0 Å². The molecular weight excluding hydrogens is 202 g/mol. The normalized spacial score (nSPS) is 10.0. The molecule has 4 N–H and O–H groups in total. The standard InChI is InChI=1S/C11H11N5/c1-7-15-10(11(13)16(7)14)9-4-2-3-8(5-9)6-12/h2-5H,13-14H2,1H3. The number of aryl methyl sites for hydroxylation is 1. The van der Waals surface area contributed by atoms with Gasteiger partial charge >= 0.3 is 0 Å². The van der Waals surface area contributed by atoms with Gasteiger partial charge in [0, 0.05) is 5.56 Å². The number of aromatic nitrogens is 2. The van der Waals surface area contributed by atoms with Crippen LogP contribution in [0.5, 0.6) is 0 Å². The molecule has 0 atom stereocenters. The first kappa shape index (κ1) is 10.1. The van der Waals surface area contributed by atoms with Crippen molar-refractivity contribution in [2.45, 2.75) is 6.92 Å². The van der Waals surface area contributed by atoms with Gasteiger partial charge in [0.2, 0.25) is 0 Å². The van der Waals surface area contributed by atoms with Crippen molar-refractivity contribution in [2.24, 2.45) is 0 Å². The molecule has 16 heavy (non-hydrogen) atoms. The zero-order valence-corrected chi connectivity index (χ0v) is 8.81. The van der Waals surface area contributed by atoms with E-state index in [1.165, 1.54) is 4.68 Å². The molecule has 80 valence electrons. The molecule has 1 aromatic carbocycles. The second-order valence-electron chi connectivity index (χ2n) is 3.46. The number of hydrogen-bond acceptors (Lipinski definition) is 4. The van der Waals surface area contributed by atoms with Gasteiger partial charge in [-0.05, 0) is 19.1 Å². The second-order valence-corrected chi connectivity index (χ2v) is 3.46. The minimum atomic E-state index is 0.396. The summed E-state index contributed by atoms with van der Waals surface area (Å²) in [6, 6.07) is 9.17. The molecule has 5 nitrogen and oxygen atoms in total. The summed E-state index contributed by atoms with van der Waals surface area (Å²) < 4.78 is 1.33. The van der Waals surface area contributed by atoms with Crippen LogP contribution >= 0.6 is 0 Å². The minimum absolute atomic E-state index is 0.396. The van der Waals surface area contributed by atoms with Crippen LogP contribution in [0.4, 0.5) is 5.82 Å². The van der Waals surface area contributed by atoms with Gasteiger partial charge in [-0.1, -0.05) is 12.1 Å². The number of nitrogen functional groups attached to an aromatic ring is 2. The summed E-state index contributed by atoms with van der Waals surface area (Å²) in [4.78, 5) is 4.26. The zero-order chi connectivity index (χ0) is 11.7. The van der Waals surface area contributed by atoms with Crippen molar-refractivity contribution < 1.29 is 0 Å². The highest BCUT2D eigenvalue weighted by atomic mass is 15.4. The summed E-state index contributed by atoms with van der Waals surface area (Å²) in [7, 11) is 0. The van der Waals surface area contributed by atoms with Crippen LogP contribution in [0.1, 0.15) is 11.4 Å². The third-order valence-corrected chi connectivity index (χ3v) is 2.39. The molecule has 0 unspecified atom stereocenters. The number of hydrogen-bond donors (Lipinski definition) is 2. The third kappa shape index (κ3) is 1.46. The van der Waals surface area contributed by atoms with Gasteiger partial charge in [0.25, 0.3) is 0 Å². The largest absolute Gasteiger partial charge is 0.382 e. The molecule has 0 fully saturated rings. The van der Waals surface area contributed by atoms with Crippen LogP contribution in [0.25, 0.3) is 11.3 Å². The number of anilines is 1. The van der Waals surface area contributed by atoms with E-state index in [0.717, 1.165) is 5.56 Å². The van der Waals surface area contributed by atoms with Crippen molar-refractivity contribution in [3.05, 3.63) is 35.7 Å². The topological polar surface area (TPSA) is 93.6 Å². The van der Waals surface area contributed by atoms with E-state index >= 15 is 0 Å². The highest BCUT2D eigenvalue weighted by Crippen LogP contribution is 2.25. The van der Waals surface area contributed by atoms with E-state index < -0.39 is 0 Å². The van der Waals surface area contributed by atoms with Crippen molar-refractivity contribution >= 4 is 5.82 Å². The predicted octanol–water partition coefficient (Wildman–Crippen LogP) is 1.03. The minimum Gasteiger partial charge on any atom is -0.382 e. The van der Waals surface area contributed by atoms with Crippen LogP contribution in [0, 0.1) is 18.3 Å². The van der Waals surface area contributed by atoms with E-state index in [0.29, 0.717) is 22.9 Å². The summed E-state index contributed by atoms with van der Waals surface area (Å²) in [5, 5.41) is 8.81. The summed E-state index contributed by atoms with van der Waals surface area (Å²) >= 11 is 0. The molecule has 1 aromatic heterocycles. The van der Waals surface area contributed by atoms with E-state index in [-0.39, 0.29) is 0 Å². The molecule has 2 rings (SSSR count). The van der Waals surface area contributed by atoms with E-state index in [4.69, 9.17) is 16.8 Å². The Bertz CT molecular complexity index is 577. The average Bonchev–Trinajstić information content (AvgIpc) is 2.57. The smallest absolute Gasteiger partial charge is 0.150 e. The highest BCUT2D eigenvalue weighted by molar-refractivity contribution is 5.72. The fourth-order valence-corrected chi connectivity index (χ4v) is 1.51. The lowest BCUT2D eigenvalue weighted by Gasteiger charge is -2.00. The first-order chi connectivity index (χ1) is 7.63. The zero-order valence-electron chi connectivity index (χ0n) is 8.81. The molecule has 0 radical (unpaired) electrons. The quantitative estimate of drug-likeness (QED) is 0.691. The van der Waals surface area contributed by atoms with E-state index in [9.17, 15) is 0 Å². The van der Waals surface area contributed by atoms with Crippen molar-refractivity contribution in [2.75, 3.05) is 11.6 Å².